The molecule has 2 heterocycles. The average molecular weight is 296 g/mol. The first-order valence-electron chi connectivity index (χ1n) is 5.78. The largest absolute Gasteiger partial charge is 0.366 e. The summed E-state index contributed by atoms with van der Waals surface area (Å²) in [6, 6.07) is 4.50. The molecule has 2 aromatic heterocycles. The molecule has 1 aliphatic carbocycles. The molecule has 0 saturated heterocycles. The number of rotatable bonds is 3. The quantitative estimate of drug-likeness (QED) is 0.908. The Balaban J connectivity index is 1.96. The minimum atomic E-state index is 0.412. The van der Waals surface area contributed by atoms with Crippen LogP contribution in [0.5, 0.6) is 0 Å². The first-order chi connectivity index (χ1) is 8.28. The molecule has 1 fully saturated rings. The average Bonchev–Trinajstić information content (AvgIpc) is 2.61. The number of halogens is 1. The Labute approximate surface area is 108 Å². The zero-order valence-corrected chi connectivity index (χ0v) is 10.9. The van der Waals surface area contributed by atoms with Crippen LogP contribution in [0.15, 0.2) is 16.7 Å². The molecule has 5 nitrogen and oxygen atoms in total. The predicted molar refractivity (Wildman–Crippen MR) is 69.8 cm³/mol. The van der Waals surface area contributed by atoms with Crippen molar-refractivity contribution >= 4 is 27.4 Å². The van der Waals surface area contributed by atoms with Crippen LogP contribution in [0.1, 0.15) is 25.0 Å². The van der Waals surface area contributed by atoms with Crippen molar-refractivity contribution in [1.82, 2.24) is 14.6 Å². The summed E-state index contributed by atoms with van der Waals surface area (Å²) in [5.74, 6) is 0.892. The maximum Gasteiger partial charge on any atom is 0.155 e. The van der Waals surface area contributed by atoms with Crippen molar-refractivity contribution in [3.05, 3.63) is 22.4 Å². The summed E-state index contributed by atoms with van der Waals surface area (Å²) < 4.78 is 2.62. The molecule has 3 N–H and O–H groups in total. The Morgan fingerprint density at radius 1 is 1.47 bits per heavy atom. The summed E-state index contributed by atoms with van der Waals surface area (Å²) >= 11 is 3.47. The number of nitrogens with two attached hydrogens (primary N) is 1. The minimum absolute atomic E-state index is 0.412. The highest BCUT2D eigenvalue weighted by molar-refractivity contribution is 9.10. The summed E-state index contributed by atoms with van der Waals surface area (Å²) in [6.07, 6.45) is 3.78. The molecule has 0 radical (unpaired) electrons. The van der Waals surface area contributed by atoms with Gasteiger partial charge in [0.2, 0.25) is 0 Å². The zero-order valence-electron chi connectivity index (χ0n) is 9.36. The highest BCUT2D eigenvalue weighted by Crippen LogP contribution is 2.23. The van der Waals surface area contributed by atoms with Gasteiger partial charge in [0, 0.05) is 12.6 Å². The van der Waals surface area contributed by atoms with E-state index >= 15 is 0 Å². The van der Waals surface area contributed by atoms with Gasteiger partial charge in [-0.05, 0) is 47.3 Å². The summed E-state index contributed by atoms with van der Waals surface area (Å²) in [5.41, 5.74) is 7.26. The lowest BCUT2D eigenvalue weighted by molar-refractivity contribution is 0.444. The standard InChI is InChI=1S/C11H14BrN5/c12-11-8(6-13)15-10-5-4-9(16-17(10)11)14-7-2-1-3-7/h4-5,7H,1-3,6,13H2,(H,14,16). The van der Waals surface area contributed by atoms with Gasteiger partial charge in [-0.25, -0.2) is 9.50 Å². The van der Waals surface area contributed by atoms with E-state index in [4.69, 9.17) is 5.73 Å². The van der Waals surface area contributed by atoms with Crippen LogP contribution in [0.3, 0.4) is 0 Å². The lowest BCUT2D eigenvalue weighted by Gasteiger charge is -2.26. The third-order valence-electron chi connectivity index (χ3n) is 3.14. The van der Waals surface area contributed by atoms with Gasteiger partial charge in [0.05, 0.1) is 5.69 Å². The van der Waals surface area contributed by atoms with E-state index in [9.17, 15) is 0 Å². The minimum Gasteiger partial charge on any atom is -0.366 e. The van der Waals surface area contributed by atoms with Crippen LogP contribution in [-0.4, -0.2) is 20.6 Å². The maximum absolute atomic E-state index is 5.61. The van der Waals surface area contributed by atoms with E-state index in [0.29, 0.717) is 12.6 Å². The molecule has 0 spiro atoms. The number of aromatic nitrogens is 3. The van der Waals surface area contributed by atoms with E-state index < -0.39 is 0 Å². The number of fused-ring (bicyclic) bond motifs is 1. The second-order valence-corrected chi connectivity index (χ2v) is 5.07. The fourth-order valence-electron chi connectivity index (χ4n) is 1.92. The van der Waals surface area contributed by atoms with Crippen molar-refractivity contribution in [2.75, 3.05) is 5.32 Å². The molecule has 0 aliphatic heterocycles. The van der Waals surface area contributed by atoms with Crippen LogP contribution in [0.25, 0.3) is 5.65 Å². The maximum atomic E-state index is 5.61. The third kappa shape index (κ3) is 1.91. The molecule has 0 unspecified atom stereocenters. The summed E-state index contributed by atoms with van der Waals surface area (Å²) in [6.45, 7) is 0.412. The monoisotopic (exact) mass is 295 g/mol. The molecule has 1 aliphatic rings. The summed E-state index contributed by atoms with van der Waals surface area (Å²) in [5, 5.41) is 7.92. The second kappa shape index (κ2) is 4.27. The molecule has 17 heavy (non-hydrogen) atoms. The molecule has 0 aromatic carbocycles. The SMILES string of the molecule is NCc1nc2ccc(NC3CCC3)nn2c1Br. The number of anilines is 1. The number of nitrogens with zero attached hydrogens (tertiary/aromatic N) is 3. The third-order valence-corrected chi connectivity index (χ3v) is 3.93. The Morgan fingerprint density at radius 3 is 2.94 bits per heavy atom. The number of hydrogen-bond acceptors (Lipinski definition) is 4. The van der Waals surface area contributed by atoms with Gasteiger partial charge in [0.25, 0.3) is 0 Å². The van der Waals surface area contributed by atoms with Gasteiger partial charge < -0.3 is 11.1 Å². The zero-order chi connectivity index (χ0) is 11.8. The summed E-state index contributed by atoms with van der Waals surface area (Å²) in [7, 11) is 0. The van der Waals surface area contributed by atoms with E-state index in [1.165, 1.54) is 19.3 Å². The van der Waals surface area contributed by atoms with E-state index in [-0.39, 0.29) is 0 Å². The van der Waals surface area contributed by atoms with Crippen molar-refractivity contribution in [3.63, 3.8) is 0 Å². The fraction of sp³-hybridized carbons (Fsp3) is 0.455. The van der Waals surface area contributed by atoms with E-state index in [0.717, 1.165) is 21.8 Å². The molecule has 6 heteroatoms. The van der Waals surface area contributed by atoms with Crippen molar-refractivity contribution in [2.45, 2.75) is 31.8 Å². The topological polar surface area (TPSA) is 68.2 Å². The molecule has 2 aromatic rings. The first kappa shape index (κ1) is 11.0. The van der Waals surface area contributed by atoms with Gasteiger partial charge in [-0.1, -0.05) is 0 Å². The highest BCUT2D eigenvalue weighted by atomic mass is 79.9. The fourth-order valence-corrected chi connectivity index (χ4v) is 2.43. The van der Waals surface area contributed by atoms with Crippen molar-refractivity contribution in [2.24, 2.45) is 5.73 Å². The van der Waals surface area contributed by atoms with Gasteiger partial charge in [0.1, 0.15) is 10.4 Å². The number of nitrogens with one attached hydrogen (secondary N) is 1. The van der Waals surface area contributed by atoms with Crippen LogP contribution < -0.4 is 11.1 Å². The van der Waals surface area contributed by atoms with Gasteiger partial charge in [-0.2, -0.15) is 0 Å². The van der Waals surface area contributed by atoms with Crippen molar-refractivity contribution in [1.29, 1.82) is 0 Å². The molecule has 0 bridgehead atoms. The van der Waals surface area contributed by atoms with Gasteiger partial charge >= 0.3 is 0 Å². The van der Waals surface area contributed by atoms with E-state index in [1.54, 1.807) is 4.52 Å². The number of hydrogen-bond donors (Lipinski definition) is 2. The van der Waals surface area contributed by atoms with Gasteiger partial charge in [-0.15, -0.1) is 5.10 Å². The van der Waals surface area contributed by atoms with E-state index in [2.05, 4.69) is 31.3 Å². The lowest BCUT2D eigenvalue weighted by Crippen LogP contribution is -2.27. The Bertz CT molecular complexity index is 546. The highest BCUT2D eigenvalue weighted by Gasteiger charge is 2.18. The van der Waals surface area contributed by atoms with E-state index in [1.807, 2.05) is 12.1 Å². The molecule has 3 rings (SSSR count). The van der Waals surface area contributed by atoms with Crippen LogP contribution in [0.4, 0.5) is 5.82 Å². The molecule has 0 amide bonds. The molecule has 0 atom stereocenters. The normalized spacial score (nSPS) is 16.1. The second-order valence-electron chi connectivity index (χ2n) is 4.31. The Hall–Kier alpha value is -1.14. The van der Waals surface area contributed by atoms with Crippen molar-refractivity contribution < 1.29 is 0 Å². The van der Waals surface area contributed by atoms with Crippen LogP contribution in [0, 0.1) is 0 Å². The Morgan fingerprint density at radius 2 is 2.29 bits per heavy atom. The first-order valence-corrected chi connectivity index (χ1v) is 6.58. The van der Waals surface area contributed by atoms with Crippen LogP contribution in [0.2, 0.25) is 0 Å². The van der Waals surface area contributed by atoms with Gasteiger partial charge in [0.15, 0.2) is 5.65 Å². The molecule has 1 saturated carbocycles. The van der Waals surface area contributed by atoms with Gasteiger partial charge in [-0.3, -0.25) is 0 Å². The molecular formula is C11H14BrN5. The predicted octanol–water partition coefficient (Wildman–Crippen LogP) is 1.91. The Kier molecular flexibility index (Phi) is 2.76. The van der Waals surface area contributed by atoms with Crippen molar-refractivity contribution in [3.8, 4) is 0 Å². The number of imidazole rings is 1. The lowest BCUT2D eigenvalue weighted by atomic mass is 9.93. The van der Waals surface area contributed by atoms with Crippen LogP contribution >= 0.6 is 15.9 Å². The molecule has 90 valence electrons. The molecular weight excluding hydrogens is 282 g/mol. The van der Waals surface area contributed by atoms with Crippen LogP contribution in [-0.2, 0) is 6.54 Å². The smallest absolute Gasteiger partial charge is 0.155 e. The summed E-state index contributed by atoms with van der Waals surface area (Å²) in [4.78, 5) is 4.39.